The van der Waals surface area contributed by atoms with Gasteiger partial charge in [-0.2, -0.15) is 0 Å². The molecule has 0 aromatic heterocycles. The summed E-state index contributed by atoms with van der Waals surface area (Å²) >= 11 is 0. The molecule has 0 amide bonds. The molecular weight excluding hydrogens is 128 g/mol. The molecule has 0 radical (unpaired) electrons. The summed E-state index contributed by atoms with van der Waals surface area (Å²) in [5.74, 6) is 1.24. The van der Waals surface area contributed by atoms with Crippen molar-refractivity contribution in [2.75, 3.05) is 7.05 Å². The monoisotopic (exact) mass is 142 g/mol. The Morgan fingerprint density at radius 2 is 2.20 bits per heavy atom. The van der Waals surface area contributed by atoms with Gasteiger partial charge in [-0.3, -0.25) is 5.01 Å². The van der Waals surface area contributed by atoms with Crippen molar-refractivity contribution in [2.45, 2.75) is 27.0 Å². The highest BCUT2D eigenvalue weighted by atomic mass is 16.5. The summed E-state index contributed by atoms with van der Waals surface area (Å²) < 4.78 is 5.41. The smallest absolute Gasteiger partial charge is 0.210 e. The van der Waals surface area contributed by atoms with Crippen molar-refractivity contribution in [3.05, 3.63) is 0 Å². The van der Waals surface area contributed by atoms with Gasteiger partial charge in [0.25, 0.3) is 0 Å². The van der Waals surface area contributed by atoms with Crippen LogP contribution in [0.5, 0.6) is 0 Å². The van der Waals surface area contributed by atoms with Crippen molar-refractivity contribution in [1.29, 1.82) is 0 Å². The van der Waals surface area contributed by atoms with E-state index in [-0.39, 0.29) is 6.23 Å². The third-order valence-electron chi connectivity index (χ3n) is 1.57. The lowest BCUT2D eigenvalue weighted by molar-refractivity contribution is 0.0921. The molecule has 0 bridgehead atoms. The summed E-state index contributed by atoms with van der Waals surface area (Å²) in [6.45, 7) is 6.13. The van der Waals surface area contributed by atoms with E-state index in [4.69, 9.17) is 4.74 Å². The van der Waals surface area contributed by atoms with Crippen LogP contribution in [0.2, 0.25) is 0 Å². The minimum absolute atomic E-state index is 0.109. The average molecular weight is 142 g/mol. The van der Waals surface area contributed by atoms with Crippen LogP contribution in [0.25, 0.3) is 0 Å². The van der Waals surface area contributed by atoms with Crippen LogP contribution in [-0.2, 0) is 4.74 Å². The van der Waals surface area contributed by atoms with Gasteiger partial charge in [-0.05, 0) is 6.92 Å². The number of rotatable bonds is 1. The first-order chi connectivity index (χ1) is 4.61. The Morgan fingerprint density at radius 1 is 1.60 bits per heavy atom. The van der Waals surface area contributed by atoms with Gasteiger partial charge in [0.15, 0.2) is 6.23 Å². The Bertz CT molecular complexity index is 154. The topological polar surface area (TPSA) is 24.8 Å². The molecule has 1 rings (SSSR count). The van der Waals surface area contributed by atoms with Crippen LogP contribution < -0.4 is 0 Å². The van der Waals surface area contributed by atoms with E-state index in [1.165, 1.54) is 0 Å². The predicted octanol–water partition coefficient (Wildman–Crippen LogP) is 1.26. The van der Waals surface area contributed by atoms with Crippen LogP contribution in [0, 0.1) is 5.92 Å². The quantitative estimate of drug-likeness (QED) is 0.550. The van der Waals surface area contributed by atoms with Crippen LogP contribution in [0.4, 0.5) is 0 Å². The van der Waals surface area contributed by atoms with E-state index in [2.05, 4.69) is 18.9 Å². The molecule has 1 unspecified atom stereocenters. The van der Waals surface area contributed by atoms with Gasteiger partial charge < -0.3 is 4.74 Å². The Morgan fingerprint density at radius 3 is 2.40 bits per heavy atom. The summed E-state index contributed by atoms with van der Waals surface area (Å²) in [5, 5.41) is 6.03. The fourth-order valence-electron chi connectivity index (χ4n) is 0.763. The highest BCUT2D eigenvalue weighted by Crippen LogP contribution is 2.13. The molecule has 1 aliphatic heterocycles. The average Bonchev–Trinajstić information content (AvgIpc) is 2.13. The summed E-state index contributed by atoms with van der Waals surface area (Å²) in [5.41, 5.74) is 0. The largest absolute Gasteiger partial charge is 0.454 e. The van der Waals surface area contributed by atoms with E-state index in [0.717, 1.165) is 5.90 Å². The Hall–Kier alpha value is -0.730. The highest BCUT2D eigenvalue weighted by Gasteiger charge is 2.21. The van der Waals surface area contributed by atoms with Gasteiger partial charge in [0.05, 0.1) is 0 Å². The van der Waals surface area contributed by atoms with Crippen molar-refractivity contribution in [2.24, 2.45) is 11.0 Å². The van der Waals surface area contributed by atoms with Crippen molar-refractivity contribution < 1.29 is 4.74 Å². The summed E-state index contributed by atoms with van der Waals surface area (Å²) in [7, 11) is 1.92. The molecule has 3 nitrogen and oxygen atoms in total. The molecule has 10 heavy (non-hydrogen) atoms. The molecule has 0 saturated heterocycles. The highest BCUT2D eigenvalue weighted by molar-refractivity contribution is 5.78. The maximum atomic E-state index is 5.41. The van der Waals surface area contributed by atoms with Gasteiger partial charge in [-0.1, -0.05) is 13.8 Å². The third kappa shape index (κ3) is 1.23. The maximum Gasteiger partial charge on any atom is 0.210 e. The maximum absolute atomic E-state index is 5.41. The Labute approximate surface area is 61.7 Å². The van der Waals surface area contributed by atoms with Gasteiger partial charge in [0.1, 0.15) is 0 Å². The van der Waals surface area contributed by atoms with Gasteiger partial charge >= 0.3 is 0 Å². The molecule has 0 saturated carbocycles. The number of ether oxygens (including phenoxy) is 1. The lowest BCUT2D eigenvalue weighted by Crippen LogP contribution is -2.20. The predicted molar refractivity (Wildman–Crippen MR) is 40.6 cm³/mol. The number of nitrogens with zero attached hydrogens (tertiary/aromatic N) is 2. The normalized spacial score (nSPS) is 25.1. The molecule has 1 atom stereocenters. The first kappa shape index (κ1) is 7.38. The number of hydrogen-bond acceptors (Lipinski definition) is 3. The van der Waals surface area contributed by atoms with E-state index < -0.39 is 0 Å². The second-order valence-corrected chi connectivity index (χ2v) is 2.88. The standard InChI is InChI=1S/C7H14N2O/c1-5(2)7-8-9(4)6(3)10-7/h5-6H,1-4H3. The summed E-state index contributed by atoms with van der Waals surface area (Å²) in [4.78, 5) is 0. The van der Waals surface area contributed by atoms with Crippen molar-refractivity contribution in [3.8, 4) is 0 Å². The van der Waals surface area contributed by atoms with Crippen LogP contribution in [0.15, 0.2) is 5.10 Å². The molecule has 0 fully saturated rings. The van der Waals surface area contributed by atoms with E-state index in [0.29, 0.717) is 5.92 Å². The SMILES string of the molecule is CC(C)C1=NN(C)C(C)O1. The van der Waals surface area contributed by atoms with Crippen LogP contribution in [0.3, 0.4) is 0 Å². The second kappa shape index (κ2) is 2.48. The van der Waals surface area contributed by atoms with E-state index >= 15 is 0 Å². The Balaban J connectivity index is 2.58. The lowest BCUT2D eigenvalue weighted by atomic mass is 10.2. The first-order valence-corrected chi connectivity index (χ1v) is 3.59. The van der Waals surface area contributed by atoms with Crippen molar-refractivity contribution in [3.63, 3.8) is 0 Å². The summed E-state index contributed by atoms with van der Waals surface area (Å²) in [6, 6.07) is 0. The molecule has 3 heteroatoms. The molecule has 58 valence electrons. The van der Waals surface area contributed by atoms with Gasteiger partial charge in [-0.25, -0.2) is 0 Å². The minimum Gasteiger partial charge on any atom is -0.454 e. The molecule has 1 aliphatic rings. The lowest BCUT2D eigenvalue weighted by Gasteiger charge is -2.11. The van der Waals surface area contributed by atoms with Crippen molar-refractivity contribution in [1.82, 2.24) is 5.01 Å². The molecule has 1 heterocycles. The van der Waals surface area contributed by atoms with E-state index in [1.54, 1.807) is 0 Å². The number of hydrogen-bond donors (Lipinski definition) is 0. The Kier molecular flexibility index (Phi) is 1.83. The zero-order chi connectivity index (χ0) is 7.72. The van der Waals surface area contributed by atoms with Crippen molar-refractivity contribution >= 4 is 5.90 Å². The third-order valence-corrected chi connectivity index (χ3v) is 1.57. The second-order valence-electron chi connectivity index (χ2n) is 2.88. The number of hydrazone groups is 1. The van der Waals surface area contributed by atoms with E-state index in [9.17, 15) is 0 Å². The first-order valence-electron chi connectivity index (χ1n) is 3.59. The van der Waals surface area contributed by atoms with Crippen LogP contribution in [-0.4, -0.2) is 24.2 Å². The zero-order valence-corrected chi connectivity index (χ0v) is 6.96. The summed E-state index contributed by atoms with van der Waals surface area (Å²) in [6.07, 6.45) is 0.109. The fraction of sp³-hybridized carbons (Fsp3) is 0.857. The van der Waals surface area contributed by atoms with Crippen LogP contribution in [0.1, 0.15) is 20.8 Å². The van der Waals surface area contributed by atoms with Gasteiger partial charge in [0.2, 0.25) is 5.90 Å². The van der Waals surface area contributed by atoms with Crippen LogP contribution >= 0.6 is 0 Å². The molecular formula is C7H14N2O. The molecule has 0 N–H and O–H groups in total. The van der Waals surface area contributed by atoms with Gasteiger partial charge in [0, 0.05) is 13.0 Å². The molecule has 0 spiro atoms. The fourth-order valence-corrected chi connectivity index (χ4v) is 0.763. The molecule has 0 aliphatic carbocycles. The minimum atomic E-state index is 0.109. The molecule has 0 aromatic carbocycles. The zero-order valence-electron chi connectivity index (χ0n) is 6.96. The van der Waals surface area contributed by atoms with Gasteiger partial charge in [-0.15, -0.1) is 5.10 Å². The molecule has 0 aromatic rings. The van der Waals surface area contributed by atoms with E-state index in [1.807, 2.05) is 19.0 Å².